The molecule has 2 aromatic carbocycles. The largest absolute Gasteiger partial charge is 0.354 e. The second-order valence-electron chi connectivity index (χ2n) is 5.81. The van der Waals surface area contributed by atoms with Crippen LogP contribution in [0.3, 0.4) is 0 Å². The number of carbonyl (C=O) groups is 1. The zero-order valence-corrected chi connectivity index (χ0v) is 14.9. The molecule has 2 N–H and O–H groups in total. The summed E-state index contributed by atoms with van der Waals surface area (Å²) in [6.45, 7) is 1.87. The molecule has 1 aromatic heterocycles. The van der Waals surface area contributed by atoms with Gasteiger partial charge in [0.25, 0.3) is 5.91 Å². The highest BCUT2D eigenvalue weighted by Crippen LogP contribution is 2.44. The lowest BCUT2D eigenvalue weighted by Crippen LogP contribution is -2.19. The topological polar surface area (TPSA) is 66.4 Å². The van der Waals surface area contributed by atoms with Crippen LogP contribution in [-0.4, -0.2) is 16.6 Å². The van der Waals surface area contributed by atoms with Crippen molar-refractivity contribution in [3.8, 4) is 0 Å². The third kappa shape index (κ3) is 3.32. The maximum absolute atomic E-state index is 12.1. The maximum Gasteiger partial charge on any atom is 0.272 e. The van der Waals surface area contributed by atoms with Gasteiger partial charge in [0.2, 0.25) is 0 Å². The van der Waals surface area contributed by atoms with Gasteiger partial charge in [0.05, 0.1) is 22.6 Å². The minimum atomic E-state index is -0.280. The van der Waals surface area contributed by atoms with E-state index in [1.165, 1.54) is 16.0 Å². The van der Waals surface area contributed by atoms with Gasteiger partial charge in [0.15, 0.2) is 0 Å². The number of benzene rings is 2. The van der Waals surface area contributed by atoms with Gasteiger partial charge in [-0.3, -0.25) is 9.78 Å². The van der Waals surface area contributed by atoms with E-state index >= 15 is 0 Å². The number of para-hydroxylation sites is 1. The lowest BCUT2D eigenvalue weighted by molar-refractivity contribution is 0.0954. The Hall–Kier alpha value is -3.12. The molecule has 6 heteroatoms. The van der Waals surface area contributed by atoms with E-state index in [-0.39, 0.29) is 5.91 Å². The predicted octanol–water partition coefficient (Wildman–Crippen LogP) is 4.44. The molecule has 2 heterocycles. The quantitative estimate of drug-likeness (QED) is 0.419. The highest BCUT2D eigenvalue weighted by Gasteiger charge is 2.16. The molecule has 4 rings (SSSR count). The van der Waals surface area contributed by atoms with Gasteiger partial charge < -0.3 is 5.32 Å². The van der Waals surface area contributed by atoms with E-state index in [1.807, 2.05) is 31.2 Å². The van der Waals surface area contributed by atoms with E-state index in [2.05, 4.69) is 39.0 Å². The van der Waals surface area contributed by atoms with Gasteiger partial charge in [0.1, 0.15) is 0 Å². The van der Waals surface area contributed by atoms with Crippen molar-refractivity contribution in [1.82, 2.24) is 10.4 Å². The first-order chi connectivity index (χ1) is 12.7. The number of hydrogen-bond donors (Lipinski definition) is 2. The minimum absolute atomic E-state index is 0.280. The van der Waals surface area contributed by atoms with Crippen molar-refractivity contribution in [2.75, 3.05) is 5.32 Å². The third-order valence-corrected chi connectivity index (χ3v) is 5.17. The van der Waals surface area contributed by atoms with E-state index in [9.17, 15) is 4.79 Å². The van der Waals surface area contributed by atoms with Crippen molar-refractivity contribution in [2.24, 2.45) is 5.10 Å². The molecular formula is C20H16N4OS. The number of nitrogens with zero attached hydrogens (tertiary/aromatic N) is 2. The molecule has 3 aromatic rings. The van der Waals surface area contributed by atoms with Crippen molar-refractivity contribution < 1.29 is 4.79 Å². The van der Waals surface area contributed by atoms with Crippen LogP contribution < -0.4 is 10.7 Å². The molecule has 1 aliphatic rings. The number of aromatic nitrogens is 1. The van der Waals surface area contributed by atoms with Crippen LogP contribution in [0.4, 0.5) is 11.4 Å². The summed E-state index contributed by atoms with van der Waals surface area (Å²) in [4.78, 5) is 18.4. The normalized spacial score (nSPS) is 12.6. The Kier molecular flexibility index (Phi) is 4.41. The van der Waals surface area contributed by atoms with Gasteiger partial charge in [0, 0.05) is 22.2 Å². The Morgan fingerprint density at radius 1 is 1.04 bits per heavy atom. The standard InChI is InChI=1S/C20H16N4OS/c1-13(23-24-20(25)15-5-4-10-21-12-15)14-8-9-19-17(11-14)22-16-6-2-3-7-18(16)26-19/h2-12,22H,1H3,(H,24,25)/b23-13+. The van der Waals surface area contributed by atoms with E-state index in [1.54, 1.807) is 30.1 Å². The summed E-state index contributed by atoms with van der Waals surface area (Å²) in [5, 5.41) is 7.67. The smallest absolute Gasteiger partial charge is 0.272 e. The third-order valence-electron chi connectivity index (χ3n) is 4.02. The first-order valence-corrected chi connectivity index (χ1v) is 8.95. The molecule has 0 bridgehead atoms. The van der Waals surface area contributed by atoms with Crippen molar-refractivity contribution >= 4 is 34.8 Å². The van der Waals surface area contributed by atoms with Crippen LogP contribution in [0.15, 0.2) is 81.9 Å². The number of anilines is 2. The summed E-state index contributed by atoms with van der Waals surface area (Å²) >= 11 is 1.74. The monoisotopic (exact) mass is 360 g/mol. The minimum Gasteiger partial charge on any atom is -0.354 e. The number of hydrogen-bond acceptors (Lipinski definition) is 5. The molecule has 0 unspecified atom stereocenters. The summed E-state index contributed by atoms with van der Waals surface area (Å²) in [5.41, 5.74) is 6.87. The van der Waals surface area contributed by atoms with Crippen LogP contribution in [0.1, 0.15) is 22.8 Å². The summed E-state index contributed by atoms with van der Waals surface area (Å²) in [6, 6.07) is 17.8. The Morgan fingerprint density at radius 3 is 2.73 bits per heavy atom. The van der Waals surface area contributed by atoms with Gasteiger partial charge >= 0.3 is 0 Å². The molecule has 1 amide bonds. The molecule has 26 heavy (non-hydrogen) atoms. The van der Waals surface area contributed by atoms with Gasteiger partial charge in [-0.25, -0.2) is 5.43 Å². The van der Waals surface area contributed by atoms with Gasteiger partial charge in [-0.1, -0.05) is 30.0 Å². The molecule has 0 fully saturated rings. The van der Waals surface area contributed by atoms with Crippen molar-refractivity contribution in [1.29, 1.82) is 0 Å². The van der Waals surface area contributed by atoms with Crippen LogP contribution in [-0.2, 0) is 0 Å². The van der Waals surface area contributed by atoms with Crippen LogP contribution in [0.25, 0.3) is 0 Å². The summed E-state index contributed by atoms with van der Waals surface area (Å²) < 4.78 is 0. The molecule has 0 spiro atoms. The number of pyridine rings is 1. The molecule has 128 valence electrons. The highest BCUT2D eigenvalue weighted by molar-refractivity contribution is 7.99. The predicted molar refractivity (Wildman–Crippen MR) is 104 cm³/mol. The van der Waals surface area contributed by atoms with Crippen molar-refractivity contribution in [3.63, 3.8) is 0 Å². The molecular weight excluding hydrogens is 344 g/mol. The Labute approximate surface area is 155 Å². The molecule has 5 nitrogen and oxygen atoms in total. The second-order valence-corrected chi connectivity index (χ2v) is 6.90. The first-order valence-electron chi connectivity index (χ1n) is 8.14. The fourth-order valence-electron chi connectivity index (χ4n) is 2.62. The number of hydrazone groups is 1. The second kappa shape index (κ2) is 7.01. The molecule has 1 aliphatic heterocycles. The average Bonchev–Trinajstić information content (AvgIpc) is 2.70. The number of nitrogens with one attached hydrogen (secondary N) is 2. The zero-order valence-electron chi connectivity index (χ0n) is 14.1. The molecule has 0 saturated heterocycles. The number of rotatable bonds is 3. The van der Waals surface area contributed by atoms with Crippen LogP contribution in [0.2, 0.25) is 0 Å². The van der Waals surface area contributed by atoms with E-state index in [4.69, 9.17) is 0 Å². The molecule has 0 saturated carbocycles. The lowest BCUT2D eigenvalue weighted by Gasteiger charge is -2.21. The zero-order chi connectivity index (χ0) is 17.9. The maximum atomic E-state index is 12.1. The lowest BCUT2D eigenvalue weighted by atomic mass is 10.1. The fraction of sp³-hybridized carbons (Fsp3) is 0.0500. The van der Waals surface area contributed by atoms with Crippen molar-refractivity contribution in [2.45, 2.75) is 16.7 Å². The SMILES string of the molecule is C/C(=N\NC(=O)c1cccnc1)c1ccc2c(c1)Nc1ccccc1S2. The highest BCUT2D eigenvalue weighted by atomic mass is 32.2. The number of amides is 1. The summed E-state index contributed by atoms with van der Waals surface area (Å²) in [7, 11) is 0. The Bertz CT molecular complexity index is 1000. The number of fused-ring (bicyclic) bond motifs is 2. The number of carbonyl (C=O) groups excluding carboxylic acids is 1. The first kappa shape index (κ1) is 16.4. The van der Waals surface area contributed by atoms with E-state index in [0.29, 0.717) is 5.56 Å². The Morgan fingerprint density at radius 2 is 1.88 bits per heavy atom. The van der Waals surface area contributed by atoms with Crippen molar-refractivity contribution in [3.05, 3.63) is 78.1 Å². The molecule has 0 aliphatic carbocycles. The molecule has 0 radical (unpaired) electrons. The van der Waals surface area contributed by atoms with Crippen LogP contribution >= 0.6 is 11.8 Å². The molecule has 0 atom stereocenters. The fourth-order valence-corrected chi connectivity index (χ4v) is 3.59. The van der Waals surface area contributed by atoms with Gasteiger partial charge in [-0.05, 0) is 48.9 Å². The summed E-state index contributed by atoms with van der Waals surface area (Å²) in [5.74, 6) is -0.280. The Balaban J connectivity index is 1.53. The van der Waals surface area contributed by atoms with E-state index in [0.717, 1.165) is 22.6 Å². The van der Waals surface area contributed by atoms with Crippen LogP contribution in [0, 0.1) is 0 Å². The van der Waals surface area contributed by atoms with Crippen LogP contribution in [0.5, 0.6) is 0 Å². The van der Waals surface area contributed by atoms with Gasteiger partial charge in [-0.2, -0.15) is 5.10 Å². The van der Waals surface area contributed by atoms with E-state index < -0.39 is 0 Å². The average molecular weight is 360 g/mol. The van der Waals surface area contributed by atoms with Gasteiger partial charge in [-0.15, -0.1) is 0 Å². The summed E-state index contributed by atoms with van der Waals surface area (Å²) in [6.07, 6.45) is 3.14.